The second-order valence-electron chi connectivity index (χ2n) is 6.93. The summed E-state index contributed by atoms with van der Waals surface area (Å²) in [6, 6.07) is 11.7. The van der Waals surface area contributed by atoms with Gasteiger partial charge in [0.25, 0.3) is 0 Å². The van der Waals surface area contributed by atoms with E-state index in [4.69, 9.17) is 0 Å². The maximum atomic E-state index is 12.6. The quantitative estimate of drug-likeness (QED) is 0.547. The van der Waals surface area contributed by atoms with Gasteiger partial charge in [0, 0.05) is 50.9 Å². The number of sulfonamides is 1. The number of hydrogen-bond donors (Lipinski definition) is 1. The van der Waals surface area contributed by atoms with Crippen molar-refractivity contribution in [3.05, 3.63) is 54.4 Å². The molecule has 0 spiro atoms. The molecule has 0 atom stereocenters. The molecular weight excluding hydrogens is 422 g/mol. The first-order valence-corrected chi connectivity index (χ1v) is 12.7. The van der Waals surface area contributed by atoms with Gasteiger partial charge >= 0.3 is 0 Å². The fourth-order valence-electron chi connectivity index (χ4n) is 3.12. The van der Waals surface area contributed by atoms with Crippen molar-refractivity contribution >= 4 is 33.6 Å². The molecule has 2 aromatic rings. The van der Waals surface area contributed by atoms with E-state index >= 15 is 0 Å². The maximum Gasteiger partial charge on any atom is 0.230 e. The molecule has 0 unspecified atom stereocenters. The second kappa shape index (κ2) is 11.3. The molecule has 1 fully saturated rings. The Kier molecular flexibility index (Phi) is 8.47. The number of nitrogens with zero attached hydrogens (tertiary/aromatic N) is 4. The number of hydrogen-bond acceptors (Lipinski definition) is 7. The second-order valence-corrected chi connectivity index (χ2v) is 10.0. The molecule has 0 bridgehead atoms. The van der Waals surface area contributed by atoms with E-state index in [1.165, 1.54) is 9.87 Å². The summed E-state index contributed by atoms with van der Waals surface area (Å²) in [6.45, 7) is 2.34. The molecule has 30 heavy (non-hydrogen) atoms. The van der Waals surface area contributed by atoms with Gasteiger partial charge in [-0.2, -0.15) is 4.31 Å². The Morgan fingerprint density at radius 3 is 2.43 bits per heavy atom. The third-order valence-corrected chi connectivity index (χ3v) is 7.67. The Balaban J connectivity index is 1.31. The molecule has 0 saturated carbocycles. The van der Waals surface area contributed by atoms with Gasteiger partial charge in [-0.1, -0.05) is 30.3 Å². The summed E-state index contributed by atoms with van der Waals surface area (Å²) in [5.41, 5.74) is 1.18. The monoisotopic (exact) mass is 449 g/mol. The van der Waals surface area contributed by atoms with Crippen LogP contribution >= 0.6 is 11.8 Å². The van der Waals surface area contributed by atoms with Crippen molar-refractivity contribution in [1.82, 2.24) is 19.6 Å². The van der Waals surface area contributed by atoms with Gasteiger partial charge in [-0.25, -0.2) is 18.4 Å². The van der Waals surface area contributed by atoms with E-state index in [1.807, 2.05) is 35.2 Å². The highest BCUT2D eigenvalue weighted by atomic mass is 32.2. The molecule has 0 aliphatic carbocycles. The summed E-state index contributed by atoms with van der Waals surface area (Å²) in [6.07, 6.45) is 3.76. The van der Waals surface area contributed by atoms with Crippen molar-refractivity contribution < 1.29 is 13.2 Å². The number of anilines is 1. The lowest BCUT2D eigenvalue weighted by Crippen LogP contribution is -2.49. The van der Waals surface area contributed by atoms with Gasteiger partial charge in [0.1, 0.15) is 0 Å². The zero-order valence-corrected chi connectivity index (χ0v) is 18.4. The van der Waals surface area contributed by atoms with Crippen molar-refractivity contribution in [3.63, 3.8) is 0 Å². The average molecular weight is 450 g/mol. The zero-order chi connectivity index (χ0) is 21.2. The number of thioether (sulfide) groups is 1. The zero-order valence-electron chi connectivity index (χ0n) is 16.8. The largest absolute Gasteiger partial charge is 0.355 e. The van der Waals surface area contributed by atoms with Gasteiger partial charge in [-0.3, -0.25) is 4.79 Å². The van der Waals surface area contributed by atoms with Crippen LogP contribution in [0.5, 0.6) is 0 Å². The first-order valence-electron chi connectivity index (χ1n) is 9.93. The minimum absolute atomic E-state index is 0.0340. The van der Waals surface area contributed by atoms with E-state index in [1.54, 1.807) is 30.2 Å². The predicted molar refractivity (Wildman–Crippen MR) is 120 cm³/mol. The number of carbonyl (C=O) groups is 1. The van der Waals surface area contributed by atoms with Gasteiger partial charge < -0.3 is 10.2 Å². The fraction of sp³-hybridized carbons (Fsp3) is 0.450. The van der Waals surface area contributed by atoms with Crippen LogP contribution in [0.15, 0.2) is 48.8 Å². The van der Waals surface area contributed by atoms with E-state index in [0.717, 1.165) is 5.75 Å². The summed E-state index contributed by atoms with van der Waals surface area (Å²) >= 11 is 1.55. The van der Waals surface area contributed by atoms with Crippen LogP contribution in [0.1, 0.15) is 12.0 Å². The molecule has 10 heteroatoms. The predicted octanol–water partition coefficient (Wildman–Crippen LogP) is 1.37. The van der Waals surface area contributed by atoms with Crippen LogP contribution in [0.3, 0.4) is 0 Å². The Morgan fingerprint density at radius 1 is 1.03 bits per heavy atom. The molecule has 8 nitrogen and oxygen atoms in total. The van der Waals surface area contributed by atoms with E-state index < -0.39 is 10.0 Å². The SMILES string of the molecule is O=C(CSCc1ccccc1)NCCCS(=O)(=O)N1CCN(c2ncccn2)CC1. The van der Waals surface area contributed by atoms with Crippen LogP contribution in [-0.2, 0) is 20.6 Å². The lowest BCUT2D eigenvalue weighted by atomic mass is 10.2. The smallest absolute Gasteiger partial charge is 0.230 e. The van der Waals surface area contributed by atoms with Crippen LogP contribution in [0.4, 0.5) is 5.95 Å². The Morgan fingerprint density at radius 2 is 1.73 bits per heavy atom. The van der Waals surface area contributed by atoms with Crippen LogP contribution in [-0.4, -0.2) is 72.8 Å². The number of carbonyl (C=O) groups excluding carboxylic acids is 1. The summed E-state index contributed by atoms with van der Waals surface area (Å²) in [4.78, 5) is 22.3. The molecule has 1 amide bonds. The minimum Gasteiger partial charge on any atom is -0.355 e. The minimum atomic E-state index is -3.33. The molecule has 0 radical (unpaired) electrons. The Labute approximate surface area is 182 Å². The number of nitrogens with one attached hydrogen (secondary N) is 1. The summed E-state index contributed by atoms with van der Waals surface area (Å²) < 4.78 is 26.6. The molecular formula is C20H27N5O3S2. The van der Waals surface area contributed by atoms with Crippen molar-refractivity contribution in [2.45, 2.75) is 12.2 Å². The molecule has 1 saturated heterocycles. The number of benzene rings is 1. The molecule has 2 heterocycles. The van der Waals surface area contributed by atoms with E-state index in [0.29, 0.717) is 50.8 Å². The number of rotatable bonds is 10. The van der Waals surface area contributed by atoms with Crippen molar-refractivity contribution in [2.75, 3.05) is 49.1 Å². The lowest BCUT2D eigenvalue weighted by molar-refractivity contribution is -0.118. The molecule has 162 valence electrons. The van der Waals surface area contributed by atoms with Crippen LogP contribution in [0, 0.1) is 0 Å². The fourth-order valence-corrected chi connectivity index (χ4v) is 5.42. The molecule has 1 aromatic carbocycles. The molecule has 1 N–H and O–H groups in total. The van der Waals surface area contributed by atoms with Crippen molar-refractivity contribution in [1.29, 1.82) is 0 Å². The van der Waals surface area contributed by atoms with Crippen LogP contribution < -0.4 is 10.2 Å². The van der Waals surface area contributed by atoms with E-state index in [2.05, 4.69) is 15.3 Å². The molecule has 1 aliphatic heterocycles. The average Bonchev–Trinajstić information content (AvgIpc) is 2.78. The van der Waals surface area contributed by atoms with Gasteiger partial charge in [0.2, 0.25) is 21.9 Å². The van der Waals surface area contributed by atoms with Crippen molar-refractivity contribution in [2.24, 2.45) is 0 Å². The highest BCUT2D eigenvalue weighted by Crippen LogP contribution is 2.13. The number of piperazine rings is 1. The summed E-state index contributed by atoms with van der Waals surface area (Å²) in [5.74, 6) is 1.74. The molecule has 1 aliphatic rings. The van der Waals surface area contributed by atoms with Gasteiger partial charge in [-0.15, -0.1) is 11.8 Å². The summed E-state index contributed by atoms with van der Waals surface area (Å²) in [5, 5.41) is 2.81. The van der Waals surface area contributed by atoms with Crippen LogP contribution in [0.25, 0.3) is 0 Å². The first-order chi connectivity index (χ1) is 14.5. The van der Waals surface area contributed by atoms with Gasteiger partial charge in [0.15, 0.2) is 0 Å². The third kappa shape index (κ3) is 6.96. The Bertz CT molecular complexity index is 889. The number of amides is 1. The van der Waals surface area contributed by atoms with E-state index in [-0.39, 0.29) is 11.7 Å². The third-order valence-electron chi connectivity index (χ3n) is 4.71. The molecule has 1 aromatic heterocycles. The number of aromatic nitrogens is 2. The Hall–Kier alpha value is -2.17. The first kappa shape index (κ1) is 22.5. The normalized spacial score (nSPS) is 15.1. The highest BCUT2D eigenvalue weighted by molar-refractivity contribution is 7.99. The summed E-state index contributed by atoms with van der Waals surface area (Å²) in [7, 11) is -3.33. The van der Waals surface area contributed by atoms with Crippen LogP contribution in [0.2, 0.25) is 0 Å². The van der Waals surface area contributed by atoms with E-state index in [9.17, 15) is 13.2 Å². The molecule has 3 rings (SSSR count). The van der Waals surface area contributed by atoms with Gasteiger partial charge in [0.05, 0.1) is 11.5 Å². The van der Waals surface area contributed by atoms with Gasteiger partial charge in [-0.05, 0) is 18.1 Å². The standard InChI is InChI=1S/C20H27N5O3S2/c26-19(17-29-16-18-6-2-1-3-7-18)21-10-5-15-30(27,28)25-13-11-24(12-14-25)20-22-8-4-9-23-20/h1-4,6-9H,5,10-17H2,(H,21,26). The maximum absolute atomic E-state index is 12.6. The topological polar surface area (TPSA) is 95.5 Å². The van der Waals surface area contributed by atoms with Crippen molar-refractivity contribution in [3.8, 4) is 0 Å². The lowest BCUT2D eigenvalue weighted by Gasteiger charge is -2.33. The highest BCUT2D eigenvalue weighted by Gasteiger charge is 2.27.